The number of benzene rings is 1. The van der Waals surface area contributed by atoms with Crippen LogP contribution < -0.4 is 10.1 Å². The van der Waals surface area contributed by atoms with E-state index in [0.29, 0.717) is 12.6 Å². The number of hydrogen-bond donors (Lipinski definition) is 1. The number of rotatable bonds is 7. The number of aromatic nitrogens is 1. The van der Waals surface area contributed by atoms with Crippen molar-refractivity contribution in [2.45, 2.75) is 45.4 Å². The number of ether oxygens (including phenoxy) is 1. The predicted molar refractivity (Wildman–Crippen MR) is 76.5 cm³/mol. The van der Waals surface area contributed by atoms with E-state index in [1.807, 2.05) is 18.2 Å². The van der Waals surface area contributed by atoms with Crippen LogP contribution in [-0.4, -0.2) is 11.2 Å². The van der Waals surface area contributed by atoms with Crippen molar-refractivity contribution in [2.24, 2.45) is 0 Å². The molecule has 0 bridgehead atoms. The van der Waals surface area contributed by atoms with Crippen molar-refractivity contribution in [1.29, 1.82) is 0 Å². The maximum atomic E-state index is 5.69. The molecule has 1 saturated carbocycles. The van der Waals surface area contributed by atoms with E-state index in [1.54, 1.807) is 0 Å². The van der Waals surface area contributed by atoms with Crippen molar-refractivity contribution >= 4 is 0 Å². The van der Waals surface area contributed by atoms with Crippen LogP contribution in [0.25, 0.3) is 0 Å². The second kappa shape index (κ2) is 6.09. The lowest BCUT2D eigenvalue weighted by atomic mass is 10.2. The SMILES string of the molecule is CCc1ccc(OCc2cc(CNC3CC3)no2)cc1. The van der Waals surface area contributed by atoms with Gasteiger partial charge in [0.2, 0.25) is 0 Å². The molecule has 0 aliphatic heterocycles. The highest BCUT2D eigenvalue weighted by Crippen LogP contribution is 2.19. The first-order valence-corrected chi connectivity index (χ1v) is 7.23. The Balaban J connectivity index is 1.49. The summed E-state index contributed by atoms with van der Waals surface area (Å²) in [6, 6.07) is 10.8. The summed E-state index contributed by atoms with van der Waals surface area (Å²) in [6.07, 6.45) is 3.60. The molecule has 2 aromatic rings. The van der Waals surface area contributed by atoms with Crippen molar-refractivity contribution in [3.05, 3.63) is 47.3 Å². The van der Waals surface area contributed by atoms with Gasteiger partial charge in [-0.15, -0.1) is 0 Å². The fourth-order valence-corrected chi connectivity index (χ4v) is 2.02. The van der Waals surface area contributed by atoms with Crippen LogP contribution in [0.3, 0.4) is 0 Å². The second-order valence-electron chi connectivity index (χ2n) is 5.23. The molecular formula is C16H20N2O2. The number of nitrogens with one attached hydrogen (secondary N) is 1. The molecule has 20 heavy (non-hydrogen) atoms. The molecule has 0 spiro atoms. The Kier molecular flexibility index (Phi) is 4.02. The summed E-state index contributed by atoms with van der Waals surface area (Å²) >= 11 is 0. The van der Waals surface area contributed by atoms with Crippen LogP contribution in [0.5, 0.6) is 5.75 Å². The van der Waals surface area contributed by atoms with Crippen molar-refractivity contribution in [2.75, 3.05) is 0 Å². The van der Waals surface area contributed by atoms with E-state index in [1.165, 1.54) is 18.4 Å². The Bertz CT molecular complexity index is 544. The molecule has 1 aliphatic carbocycles. The first kappa shape index (κ1) is 13.2. The summed E-state index contributed by atoms with van der Waals surface area (Å²) in [4.78, 5) is 0. The first-order valence-electron chi connectivity index (χ1n) is 7.23. The summed E-state index contributed by atoms with van der Waals surface area (Å²) in [5, 5.41) is 7.45. The molecule has 0 atom stereocenters. The lowest BCUT2D eigenvalue weighted by molar-refractivity contribution is 0.248. The lowest BCUT2D eigenvalue weighted by Gasteiger charge is -2.04. The smallest absolute Gasteiger partial charge is 0.174 e. The molecule has 4 nitrogen and oxygen atoms in total. The van der Waals surface area contributed by atoms with Gasteiger partial charge < -0.3 is 14.6 Å². The largest absolute Gasteiger partial charge is 0.486 e. The van der Waals surface area contributed by atoms with Crippen LogP contribution in [0.15, 0.2) is 34.9 Å². The molecule has 0 saturated heterocycles. The van der Waals surface area contributed by atoms with Gasteiger partial charge in [0.1, 0.15) is 12.4 Å². The summed E-state index contributed by atoms with van der Waals surface area (Å²) in [5.74, 6) is 1.62. The fourth-order valence-electron chi connectivity index (χ4n) is 2.02. The number of nitrogens with zero attached hydrogens (tertiary/aromatic N) is 1. The zero-order valence-electron chi connectivity index (χ0n) is 11.8. The summed E-state index contributed by atoms with van der Waals surface area (Å²) in [5.41, 5.74) is 2.25. The van der Waals surface area contributed by atoms with E-state index in [-0.39, 0.29) is 0 Å². The molecule has 0 radical (unpaired) electrons. The molecule has 3 rings (SSSR count). The van der Waals surface area contributed by atoms with Crippen molar-refractivity contribution in [3.63, 3.8) is 0 Å². The highest BCUT2D eigenvalue weighted by atomic mass is 16.5. The zero-order chi connectivity index (χ0) is 13.8. The monoisotopic (exact) mass is 272 g/mol. The molecule has 0 amide bonds. The third-order valence-corrected chi connectivity index (χ3v) is 3.47. The molecular weight excluding hydrogens is 252 g/mol. The van der Waals surface area contributed by atoms with E-state index in [2.05, 4.69) is 29.5 Å². The van der Waals surface area contributed by atoms with Gasteiger partial charge >= 0.3 is 0 Å². The average molecular weight is 272 g/mol. The topological polar surface area (TPSA) is 47.3 Å². The van der Waals surface area contributed by atoms with Crippen LogP contribution in [0.1, 0.15) is 36.8 Å². The average Bonchev–Trinajstić information content (AvgIpc) is 3.22. The van der Waals surface area contributed by atoms with Gasteiger partial charge in [-0.25, -0.2) is 0 Å². The van der Waals surface area contributed by atoms with E-state index in [4.69, 9.17) is 9.26 Å². The Morgan fingerprint density at radius 1 is 1.30 bits per heavy atom. The van der Waals surface area contributed by atoms with Gasteiger partial charge in [-0.05, 0) is 37.0 Å². The van der Waals surface area contributed by atoms with Gasteiger partial charge in [-0.1, -0.05) is 24.2 Å². The van der Waals surface area contributed by atoms with Gasteiger partial charge in [0, 0.05) is 18.7 Å². The van der Waals surface area contributed by atoms with E-state index in [0.717, 1.165) is 30.2 Å². The van der Waals surface area contributed by atoms with Crippen LogP contribution >= 0.6 is 0 Å². The van der Waals surface area contributed by atoms with Crippen molar-refractivity contribution in [1.82, 2.24) is 10.5 Å². The van der Waals surface area contributed by atoms with Gasteiger partial charge in [-0.2, -0.15) is 0 Å². The van der Waals surface area contributed by atoms with E-state index in [9.17, 15) is 0 Å². The zero-order valence-corrected chi connectivity index (χ0v) is 11.8. The minimum Gasteiger partial charge on any atom is -0.486 e. The van der Waals surface area contributed by atoms with Crippen molar-refractivity contribution < 1.29 is 9.26 Å². The second-order valence-corrected chi connectivity index (χ2v) is 5.23. The van der Waals surface area contributed by atoms with Gasteiger partial charge in [0.25, 0.3) is 0 Å². The van der Waals surface area contributed by atoms with E-state index >= 15 is 0 Å². The fraction of sp³-hybridized carbons (Fsp3) is 0.438. The highest BCUT2D eigenvalue weighted by Gasteiger charge is 2.20. The Morgan fingerprint density at radius 2 is 2.10 bits per heavy atom. The first-order chi connectivity index (χ1) is 9.83. The Labute approximate surface area is 119 Å². The summed E-state index contributed by atoms with van der Waals surface area (Å²) in [7, 11) is 0. The van der Waals surface area contributed by atoms with Gasteiger partial charge in [0.15, 0.2) is 5.76 Å². The molecule has 1 N–H and O–H groups in total. The summed E-state index contributed by atoms with van der Waals surface area (Å²) < 4.78 is 11.0. The van der Waals surface area contributed by atoms with Gasteiger partial charge in [-0.3, -0.25) is 0 Å². The summed E-state index contributed by atoms with van der Waals surface area (Å²) in [6.45, 7) is 3.34. The Morgan fingerprint density at radius 3 is 2.80 bits per heavy atom. The van der Waals surface area contributed by atoms with Gasteiger partial charge in [0.05, 0.1) is 5.69 Å². The predicted octanol–water partition coefficient (Wildman–Crippen LogP) is 3.07. The van der Waals surface area contributed by atoms with Crippen LogP contribution in [-0.2, 0) is 19.6 Å². The molecule has 1 fully saturated rings. The highest BCUT2D eigenvalue weighted by molar-refractivity contribution is 5.27. The minimum absolute atomic E-state index is 0.419. The number of hydrogen-bond acceptors (Lipinski definition) is 4. The normalized spacial score (nSPS) is 14.4. The third-order valence-electron chi connectivity index (χ3n) is 3.47. The molecule has 0 unspecified atom stereocenters. The molecule has 1 aliphatic rings. The minimum atomic E-state index is 0.419. The Hall–Kier alpha value is -1.81. The molecule has 4 heteroatoms. The maximum Gasteiger partial charge on any atom is 0.174 e. The standard InChI is InChI=1S/C16H20N2O2/c1-2-12-3-7-15(8-4-12)19-11-16-9-14(18-20-16)10-17-13-5-6-13/h3-4,7-9,13,17H,2,5-6,10-11H2,1H3. The number of aryl methyl sites for hydroxylation is 1. The molecule has 106 valence electrons. The molecule has 1 aromatic heterocycles. The third kappa shape index (κ3) is 3.61. The van der Waals surface area contributed by atoms with Crippen molar-refractivity contribution in [3.8, 4) is 5.75 Å². The van der Waals surface area contributed by atoms with E-state index < -0.39 is 0 Å². The van der Waals surface area contributed by atoms with Crippen LogP contribution in [0.4, 0.5) is 0 Å². The lowest BCUT2D eigenvalue weighted by Crippen LogP contribution is -2.15. The quantitative estimate of drug-likeness (QED) is 0.841. The molecule has 1 aromatic carbocycles. The maximum absolute atomic E-state index is 5.69. The van der Waals surface area contributed by atoms with Crippen LogP contribution in [0.2, 0.25) is 0 Å². The molecule has 1 heterocycles. The van der Waals surface area contributed by atoms with Crippen LogP contribution in [0, 0.1) is 0 Å².